The number of fused-ring (bicyclic) bond motifs is 1. The Bertz CT molecular complexity index is 641. The van der Waals surface area contributed by atoms with E-state index in [4.69, 9.17) is 4.74 Å². The van der Waals surface area contributed by atoms with Gasteiger partial charge in [-0.1, -0.05) is 24.3 Å². The first-order valence-corrected chi connectivity index (χ1v) is 7.04. The van der Waals surface area contributed by atoms with E-state index < -0.39 is 23.6 Å². The second-order valence-corrected chi connectivity index (χ2v) is 6.19. The summed E-state index contributed by atoms with van der Waals surface area (Å²) in [6.07, 6.45) is 0.731. The highest BCUT2D eigenvalue weighted by Crippen LogP contribution is 2.29. The number of carbonyl (C=O) groups excluding carboxylic acids is 1. The molecule has 112 valence electrons. The van der Waals surface area contributed by atoms with Crippen LogP contribution in [0.5, 0.6) is 0 Å². The highest BCUT2D eigenvalue weighted by atomic mass is 16.6. The van der Waals surface area contributed by atoms with Crippen molar-refractivity contribution >= 4 is 16.9 Å². The number of rotatable bonds is 3. The van der Waals surface area contributed by atoms with Crippen molar-refractivity contribution < 1.29 is 14.6 Å². The van der Waals surface area contributed by atoms with Gasteiger partial charge in [0.2, 0.25) is 0 Å². The second kappa shape index (κ2) is 5.82. The molecule has 4 heteroatoms. The first kappa shape index (κ1) is 15.4. The fraction of sp³-hybridized carbons (Fsp3) is 0.412. The third-order valence-electron chi connectivity index (χ3n) is 3.23. The van der Waals surface area contributed by atoms with E-state index in [0.29, 0.717) is 11.1 Å². The Morgan fingerprint density at radius 3 is 2.57 bits per heavy atom. The molecule has 1 N–H and O–H groups in total. The van der Waals surface area contributed by atoms with Crippen molar-refractivity contribution in [2.45, 2.75) is 39.4 Å². The highest BCUT2D eigenvalue weighted by molar-refractivity contribution is 5.83. The zero-order valence-corrected chi connectivity index (χ0v) is 12.8. The lowest BCUT2D eigenvalue weighted by Gasteiger charge is -2.25. The van der Waals surface area contributed by atoms with Crippen LogP contribution < -0.4 is 0 Å². The summed E-state index contributed by atoms with van der Waals surface area (Å²) in [6.45, 7) is 7.09. The molecule has 1 heterocycles. The van der Waals surface area contributed by atoms with Crippen molar-refractivity contribution in [1.29, 1.82) is 0 Å². The number of hydrogen-bond donors (Lipinski definition) is 1. The molecule has 0 radical (unpaired) electrons. The number of benzene rings is 1. The Labute approximate surface area is 124 Å². The lowest BCUT2D eigenvalue weighted by atomic mass is 9.95. The number of hydrogen-bond acceptors (Lipinski definition) is 4. The minimum Gasteiger partial charge on any atom is -0.460 e. The minimum absolute atomic E-state index is 0.414. The Kier molecular flexibility index (Phi) is 4.28. The smallest absolute Gasteiger partial charge is 0.312 e. The predicted octanol–water partition coefficient (Wildman–Crippen LogP) is 3.25. The van der Waals surface area contributed by atoms with Gasteiger partial charge in [-0.05, 0) is 33.8 Å². The summed E-state index contributed by atoms with van der Waals surface area (Å²) < 4.78 is 5.33. The fourth-order valence-corrected chi connectivity index (χ4v) is 2.16. The SMILES string of the molecule is CC(C(=O)OC(C)(C)C)C(O)c1cccc2cccnc12. The molecule has 2 aromatic rings. The van der Waals surface area contributed by atoms with Gasteiger partial charge in [0.1, 0.15) is 5.60 Å². The third kappa shape index (κ3) is 3.58. The quantitative estimate of drug-likeness (QED) is 0.880. The number of pyridine rings is 1. The molecule has 1 aromatic carbocycles. The lowest BCUT2D eigenvalue weighted by molar-refractivity contribution is -0.163. The van der Waals surface area contributed by atoms with E-state index in [1.165, 1.54) is 0 Å². The normalized spacial score (nSPS) is 14.7. The molecule has 21 heavy (non-hydrogen) atoms. The molecule has 0 spiro atoms. The van der Waals surface area contributed by atoms with Crippen molar-refractivity contribution in [2.75, 3.05) is 0 Å². The lowest BCUT2D eigenvalue weighted by Crippen LogP contribution is -2.30. The van der Waals surface area contributed by atoms with Crippen molar-refractivity contribution in [3.05, 3.63) is 42.1 Å². The van der Waals surface area contributed by atoms with Gasteiger partial charge in [0.15, 0.2) is 0 Å². The molecule has 0 saturated carbocycles. The van der Waals surface area contributed by atoms with Crippen LogP contribution in [0, 0.1) is 5.92 Å². The van der Waals surface area contributed by atoms with Crippen LogP contribution >= 0.6 is 0 Å². The molecule has 2 atom stereocenters. The second-order valence-electron chi connectivity index (χ2n) is 6.19. The largest absolute Gasteiger partial charge is 0.460 e. The highest BCUT2D eigenvalue weighted by Gasteiger charge is 2.29. The van der Waals surface area contributed by atoms with Gasteiger partial charge in [0, 0.05) is 17.1 Å². The van der Waals surface area contributed by atoms with Gasteiger partial charge in [-0.15, -0.1) is 0 Å². The average Bonchev–Trinajstić information content (AvgIpc) is 2.43. The van der Waals surface area contributed by atoms with Gasteiger partial charge in [0.25, 0.3) is 0 Å². The number of aliphatic hydroxyl groups excluding tert-OH is 1. The molecule has 0 aliphatic carbocycles. The topological polar surface area (TPSA) is 59.4 Å². The van der Waals surface area contributed by atoms with Crippen LogP contribution in [0.4, 0.5) is 0 Å². The monoisotopic (exact) mass is 287 g/mol. The summed E-state index contributed by atoms with van der Waals surface area (Å²) in [5, 5.41) is 11.4. The minimum atomic E-state index is -0.946. The van der Waals surface area contributed by atoms with Crippen molar-refractivity contribution in [3.8, 4) is 0 Å². The van der Waals surface area contributed by atoms with Crippen LogP contribution in [0.1, 0.15) is 39.4 Å². The maximum Gasteiger partial charge on any atom is 0.312 e. The Balaban J connectivity index is 2.30. The van der Waals surface area contributed by atoms with Crippen molar-refractivity contribution in [3.63, 3.8) is 0 Å². The van der Waals surface area contributed by atoms with E-state index in [0.717, 1.165) is 5.39 Å². The van der Waals surface area contributed by atoms with Gasteiger partial charge in [-0.2, -0.15) is 0 Å². The van der Waals surface area contributed by atoms with Crippen LogP contribution in [-0.2, 0) is 9.53 Å². The molecule has 0 aliphatic heterocycles. The average molecular weight is 287 g/mol. The summed E-state index contributed by atoms with van der Waals surface area (Å²) in [6, 6.07) is 9.34. The van der Waals surface area contributed by atoms with E-state index in [1.54, 1.807) is 19.2 Å². The predicted molar refractivity (Wildman–Crippen MR) is 81.7 cm³/mol. The number of aliphatic hydroxyl groups is 1. The van der Waals surface area contributed by atoms with E-state index in [9.17, 15) is 9.90 Å². The summed E-state index contributed by atoms with van der Waals surface area (Å²) in [5.41, 5.74) is 0.789. The summed E-state index contributed by atoms with van der Waals surface area (Å²) in [7, 11) is 0. The Hall–Kier alpha value is -1.94. The van der Waals surface area contributed by atoms with Crippen LogP contribution in [0.2, 0.25) is 0 Å². The molecule has 0 saturated heterocycles. The Morgan fingerprint density at radius 2 is 1.90 bits per heavy atom. The van der Waals surface area contributed by atoms with E-state index in [-0.39, 0.29) is 0 Å². The molecule has 0 fully saturated rings. The van der Waals surface area contributed by atoms with Crippen LogP contribution in [0.15, 0.2) is 36.5 Å². The molecular weight excluding hydrogens is 266 g/mol. The third-order valence-corrected chi connectivity index (χ3v) is 3.23. The van der Waals surface area contributed by atoms with Gasteiger partial charge < -0.3 is 9.84 Å². The van der Waals surface area contributed by atoms with Gasteiger partial charge >= 0.3 is 5.97 Å². The molecular formula is C17H21NO3. The van der Waals surface area contributed by atoms with Crippen LogP contribution in [0.25, 0.3) is 10.9 Å². The number of para-hydroxylation sites is 1. The zero-order valence-electron chi connectivity index (χ0n) is 12.8. The maximum atomic E-state index is 12.1. The zero-order chi connectivity index (χ0) is 15.6. The first-order valence-electron chi connectivity index (χ1n) is 7.04. The molecule has 2 unspecified atom stereocenters. The number of ether oxygens (including phenoxy) is 1. The molecule has 2 rings (SSSR count). The summed E-state index contributed by atoms with van der Waals surface area (Å²) >= 11 is 0. The van der Waals surface area contributed by atoms with Crippen LogP contribution in [0.3, 0.4) is 0 Å². The fourth-order valence-electron chi connectivity index (χ4n) is 2.16. The van der Waals surface area contributed by atoms with E-state index in [2.05, 4.69) is 4.98 Å². The number of aromatic nitrogens is 1. The summed E-state index contributed by atoms with van der Waals surface area (Å²) in [5.74, 6) is -1.07. The number of esters is 1. The van der Waals surface area contributed by atoms with Crippen molar-refractivity contribution in [2.24, 2.45) is 5.92 Å². The van der Waals surface area contributed by atoms with Gasteiger partial charge in [0.05, 0.1) is 17.5 Å². The van der Waals surface area contributed by atoms with E-state index >= 15 is 0 Å². The standard InChI is InChI=1S/C17H21NO3/c1-11(16(20)21-17(2,3)4)15(19)13-9-5-7-12-8-6-10-18-14(12)13/h5-11,15,19H,1-4H3. The van der Waals surface area contributed by atoms with E-state index in [1.807, 2.05) is 45.0 Å². The van der Waals surface area contributed by atoms with Gasteiger partial charge in [-0.3, -0.25) is 9.78 Å². The molecule has 4 nitrogen and oxygen atoms in total. The summed E-state index contributed by atoms with van der Waals surface area (Å²) in [4.78, 5) is 16.4. The number of nitrogens with zero attached hydrogens (tertiary/aromatic N) is 1. The molecule has 0 amide bonds. The maximum absolute atomic E-state index is 12.1. The molecule has 1 aromatic heterocycles. The van der Waals surface area contributed by atoms with Crippen molar-refractivity contribution in [1.82, 2.24) is 4.98 Å². The first-order chi connectivity index (χ1) is 9.79. The molecule has 0 aliphatic rings. The Morgan fingerprint density at radius 1 is 1.24 bits per heavy atom. The van der Waals surface area contributed by atoms with Gasteiger partial charge in [-0.25, -0.2) is 0 Å². The van der Waals surface area contributed by atoms with Crippen LogP contribution in [-0.4, -0.2) is 21.7 Å². The number of carbonyl (C=O) groups is 1. The molecule has 0 bridgehead atoms.